The van der Waals surface area contributed by atoms with Crippen LogP contribution in [-0.4, -0.2) is 31.1 Å². The smallest absolute Gasteiger partial charge is 0.257 e. The molecule has 0 saturated carbocycles. The third kappa shape index (κ3) is 2.21. The van der Waals surface area contributed by atoms with E-state index in [1.54, 1.807) is 23.0 Å². The number of anilines is 2. The van der Waals surface area contributed by atoms with E-state index in [0.29, 0.717) is 17.0 Å². The van der Waals surface area contributed by atoms with Gasteiger partial charge in [-0.15, -0.1) is 10.2 Å². The van der Waals surface area contributed by atoms with Crippen LogP contribution in [0.1, 0.15) is 12.0 Å². The first-order valence-corrected chi connectivity index (χ1v) is 8.71. The van der Waals surface area contributed by atoms with Gasteiger partial charge in [0.2, 0.25) is 0 Å². The zero-order chi connectivity index (χ0) is 17.0. The summed E-state index contributed by atoms with van der Waals surface area (Å²) < 4.78 is 16.8. The van der Waals surface area contributed by atoms with Crippen LogP contribution in [0, 0.1) is 5.82 Å². The number of rotatable bonds is 1. The predicted octanol–water partition coefficient (Wildman–Crippen LogP) is 3.66. The minimum absolute atomic E-state index is 0.303. The van der Waals surface area contributed by atoms with Gasteiger partial charge in [-0.05, 0) is 37.1 Å². The van der Waals surface area contributed by atoms with Crippen LogP contribution in [0.2, 0.25) is 0 Å². The van der Waals surface area contributed by atoms with Crippen LogP contribution in [0.15, 0.2) is 41.3 Å². The van der Waals surface area contributed by atoms with Crippen molar-refractivity contribution in [2.24, 2.45) is 0 Å². The van der Waals surface area contributed by atoms with E-state index in [1.165, 1.54) is 12.1 Å². The molecule has 0 amide bonds. The summed E-state index contributed by atoms with van der Waals surface area (Å²) in [6, 6.07) is 6.61. The van der Waals surface area contributed by atoms with Gasteiger partial charge < -0.3 is 4.90 Å². The Morgan fingerprint density at radius 2 is 2.08 bits per heavy atom. The van der Waals surface area contributed by atoms with E-state index >= 15 is 0 Å². The molecule has 0 fully saturated rings. The van der Waals surface area contributed by atoms with Crippen LogP contribution in [0.5, 0.6) is 0 Å². The summed E-state index contributed by atoms with van der Waals surface area (Å²) in [5, 5.41) is 8.72. The van der Waals surface area contributed by atoms with E-state index in [-0.39, 0.29) is 5.82 Å². The average molecular weight is 399 g/mol. The molecule has 0 spiro atoms. The van der Waals surface area contributed by atoms with Crippen LogP contribution in [-0.2, 0) is 6.42 Å². The van der Waals surface area contributed by atoms with Gasteiger partial charge in [0.1, 0.15) is 23.8 Å². The van der Waals surface area contributed by atoms with Crippen LogP contribution in [0.25, 0.3) is 16.7 Å². The molecular weight excluding hydrogens is 387 g/mol. The van der Waals surface area contributed by atoms with Crippen LogP contribution in [0.3, 0.4) is 0 Å². The van der Waals surface area contributed by atoms with Gasteiger partial charge in [-0.25, -0.2) is 9.37 Å². The van der Waals surface area contributed by atoms with Crippen molar-refractivity contribution in [2.45, 2.75) is 12.8 Å². The molecule has 8 heteroatoms. The average Bonchev–Trinajstić information content (AvgIpc) is 3.09. The highest BCUT2D eigenvalue weighted by Gasteiger charge is 2.25. The van der Waals surface area contributed by atoms with Gasteiger partial charge in [0.05, 0.1) is 5.52 Å². The van der Waals surface area contributed by atoms with Crippen LogP contribution >= 0.6 is 15.9 Å². The number of fused-ring (bicyclic) bond motifs is 4. The van der Waals surface area contributed by atoms with Gasteiger partial charge in [0, 0.05) is 28.2 Å². The lowest BCUT2D eigenvalue weighted by Crippen LogP contribution is -2.27. The summed E-state index contributed by atoms with van der Waals surface area (Å²) in [5.74, 6) is 1.68. The number of hydrogen-bond acceptors (Lipinski definition) is 5. The highest BCUT2D eigenvalue weighted by Crippen LogP contribution is 2.37. The molecular formula is C17H12BrFN6. The fraction of sp³-hybridized carbons (Fsp3) is 0.176. The van der Waals surface area contributed by atoms with Crippen molar-refractivity contribution in [3.05, 3.63) is 52.6 Å². The molecule has 0 unspecified atom stereocenters. The molecule has 1 aliphatic heterocycles. The number of halogens is 2. The summed E-state index contributed by atoms with van der Waals surface area (Å²) in [4.78, 5) is 11.2. The molecule has 6 nitrogen and oxygen atoms in total. The number of nitrogens with zero attached hydrogens (tertiary/aromatic N) is 6. The molecule has 5 rings (SSSR count). The maximum absolute atomic E-state index is 14.0. The topological polar surface area (TPSA) is 59.2 Å². The Morgan fingerprint density at radius 3 is 3.00 bits per heavy atom. The maximum atomic E-state index is 14.0. The Labute approximate surface area is 150 Å². The molecule has 1 aliphatic rings. The second-order valence-electron chi connectivity index (χ2n) is 5.95. The van der Waals surface area contributed by atoms with E-state index in [2.05, 4.69) is 36.1 Å². The van der Waals surface area contributed by atoms with Gasteiger partial charge in [0.25, 0.3) is 5.78 Å². The van der Waals surface area contributed by atoms with E-state index < -0.39 is 0 Å². The molecule has 0 bridgehead atoms. The predicted molar refractivity (Wildman–Crippen MR) is 95.5 cm³/mol. The molecule has 25 heavy (non-hydrogen) atoms. The molecule has 0 aliphatic carbocycles. The van der Waals surface area contributed by atoms with E-state index in [0.717, 1.165) is 40.8 Å². The molecule has 4 heterocycles. The van der Waals surface area contributed by atoms with Gasteiger partial charge in [-0.3, -0.25) is 4.40 Å². The van der Waals surface area contributed by atoms with Crippen molar-refractivity contribution in [1.29, 1.82) is 0 Å². The Kier molecular flexibility index (Phi) is 3.21. The minimum atomic E-state index is -0.303. The lowest BCUT2D eigenvalue weighted by Gasteiger charge is -2.30. The third-order valence-corrected chi connectivity index (χ3v) is 5.23. The molecule has 0 saturated heterocycles. The normalized spacial score (nSPS) is 14.2. The Bertz CT molecular complexity index is 1120. The molecule has 0 atom stereocenters. The molecule has 4 aromatic rings. The minimum Gasteiger partial charge on any atom is -0.310 e. The third-order valence-electron chi connectivity index (χ3n) is 4.49. The second-order valence-corrected chi connectivity index (χ2v) is 6.80. The van der Waals surface area contributed by atoms with Gasteiger partial charge in [0.15, 0.2) is 0 Å². The standard InChI is InChI=1S/C17H12BrFN6/c18-13-5-6-20-15-11(13)2-1-7-24(15)16-12-8-10(19)3-4-14(12)25-9-21-23-17(25)22-16/h3-6,8-9H,1-2,7H2. The number of aromatic nitrogens is 5. The van der Waals surface area contributed by atoms with Crippen molar-refractivity contribution in [3.8, 4) is 0 Å². The summed E-state index contributed by atoms with van der Waals surface area (Å²) in [6.45, 7) is 0.763. The number of hydrogen-bond donors (Lipinski definition) is 0. The van der Waals surface area contributed by atoms with Crippen molar-refractivity contribution in [3.63, 3.8) is 0 Å². The lowest BCUT2D eigenvalue weighted by atomic mass is 10.1. The van der Waals surface area contributed by atoms with Crippen molar-refractivity contribution in [2.75, 3.05) is 11.4 Å². The summed E-state index contributed by atoms with van der Waals surface area (Å²) in [6.07, 6.45) is 5.26. The Morgan fingerprint density at radius 1 is 1.16 bits per heavy atom. The van der Waals surface area contributed by atoms with Gasteiger partial charge in [-0.1, -0.05) is 15.9 Å². The van der Waals surface area contributed by atoms with Crippen molar-refractivity contribution < 1.29 is 4.39 Å². The maximum Gasteiger partial charge on any atom is 0.257 e. The fourth-order valence-electron chi connectivity index (χ4n) is 3.38. The Hall–Kier alpha value is -2.61. The van der Waals surface area contributed by atoms with Crippen LogP contribution < -0.4 is 4.90 Å². The van der Waals surface area contributed by atoms with E-state index in [9.17, 15) is 4.39 Å². The zero-order valence-electron chi connectivity index (χ0n) is 13.0. The summed E-state index contributed by atoms with van der Waals surface area (Å²) in [7, 11) is 0. The molecule has 3 aromatic heterocycles. The highest BCUT2D eigenvalue weighted by molar-refractivity contribution is 9.10. The Balaban J connectivity index is 1.84. The molecule has 1 aromatic carbocycles. The zero-order valence-corrected chi connectivity index (χ0v) is 14.6. The monoisotopic (exact) mass is 398 g/mol. The first-order chi connectivity index (χ1) is 12.2. The van der Waals surface area contributed by atoms with Crippen molar-refractivity contribution >= 4 is 44.2 Å². The first kappa shape index (κ1) is 14.7. The lowest BCUT2D eigenvalue weighted by molar-refractivity contribution is 0.629. The SMILES string of the molecule is Fc1ccc2c(c1)c(N1CCCc3c(Br)ccnc31)nc1nncn12. The van der Waals surface area contributed by atoms with E-state index in [4.69, 9.17) is 0 Å². The number of benzene rings is 1. The van der Waals surface area contributed by atoms with Gasteiger partial charge >= 0.3 is 0 Å². The molecule has 124 valence electrons. The first-order valence-electron chi connectivity index (χ1n) is 7.92. The molecule has 0 N–H and O–H groups in total. The van der Waals surface area contributed by atoms with E-state index in [1.807, 2.05) is 11.0 Å². The second kappa shape index (κ2) is 5.45. The van der Waals surface area contributed by atoms with Gasteiger partial charge in [-0.2, -0.15) is 4.98 Å². The fourth-order valence-corrected chi connectivity index (χ4v) is 3.88. The highest BCUT2D eigenvalue weighted by atomic mass is 79.9. The number of pyridine rings is 1. The summed E-state index contributed by atoms with van der Waals surface area (Å²) in [5.41, 5.74) is 1.95. The molecule has 0 radical (unpaired) electrons. The largest absolute Gasteiger partial charge is 0.310 e. The quantitative estimate of drug-likeness (QED) is 0.489. The van der Waals surface area contributed by atoms with Crippen LogP contribution in [0.4, 0.5) is 16.0 Å². The summed E-state index contributed by atoms with van der Waals surface area (Å²) >= 11 is 3.60. The van der Waals surface area contributed by atoms with Crippen molar-refractivity contribution in [1.82, 2.24) is 24.6 Å².